The van der Waals surface area contributed by atoms with Gasteiger partial charge < -0.3 is 19.3 Å². The van der Waals surface area contributed by atoms with Crippen LogP contribution in [-0.4, -0.2) is 58.4 Å². The number of hydrogen-bond acceptors (Lipinski definition) is 5. The minimum absolute atomic E-state index is 0.0867. The Morgan fingerprint density at radius 2 is 2.08 bits per heavy atom. The molecule has 8 heteroatoms. The van der Waals surface area contributed by atoms with E-state index in [-0.39, 0.29) is 19.1 Å². The van der Waals surface area contributed by atoms with E-state index in [9.17, 15) is 14.7 Å². The molecule has 0 aliphatic carbocycles. The van der Waals surface area contributed by atoms with Crippen LogP contribution in [0.3, 0.4) is 0 Å². The lowest BCUT2D eigenvalue weighted by Gasteiger charge is -2.23. The zero-order valence-corrected chi connectivity index (χ0v) is 15.4. The third-order valence-electron chi connectivity index (χ3n) is 5.02. The molecule has 0 aromatic carbocycles. The number of amides is 1. The molecule has 0 spiro atoms. The number of aryl methyl sites for hydroxylation is 2. The van der Waals surface area contributed by atoms with E-state index >= 15 is 0 Å². The lowest BCUT2D eigenvalue weighted by Crippen LogP contribution is -2.40. The number of carboxylic acid groups (broad SMARTS) is 1. The highest BCUT2D eigenvalue weighted by Crippen LogP contribution is 2.33. The van der Waals surface area contributed by atoms with Crippen molar-refractivity contribution in [3.05, 3.63) is 34.8 Å². The van der Waals surface area contributed by atoms with Crippen LogP contribution in [0.25, 0.3) is 5.82 Å². The molecule has 26 heavy (non-hydrogen) atoms. The van der Waals surface area contributed by atoms with Gasteiger partial charge >= 0.3 is 5.97 Å². The molecule has 2 aromatic heterocycles. The summed E-state index contributed by atoms with van der Waals surface area (Å²) in [7, 11) is 1.47. The molecule has 1 aliphatic rings. The maximum absolute atomic E-state index is 13.0. The van der Waals surface area contributed by atoms with Gasteiger partial charge in [-0.1, -0.05) is 5.16 Å². The fourth-order valence-corrected chi connectivity index (χ4v) is 3.64. The number of hydrogen-bond donors (Lipinski definition) is 1. The number of carbonyl (C=O) groups excluding carboxylic acids is 1. The quantitative estimate of drug-likeness (QED) is 0.874. The average molecular weight is 361 g/mol. The van der Waals surface area contributed by atoms with Crippen molar-refractivity contribution in [1.82, 2.24) is 14.6 Å². The van der Waals surface area contributed by atoms with Gasteiger partial charge in [0.25, 0.3) is 5.91 Å². The Labute approximate surface area is 151 Å². The van der Waals surface area contributed by atoms with Crippen LogP contribution in [0.4, 0.5) is 0 Å². The summed E-state index contributed by atoms with van der Waals surface area (Å²) in [4.78, 5) is 26.3. The average Bonchev–Trinajstić information content (AvgIpc) is 3.26. The van der Waals surface area contributed by atoms with Gasteiger partial charge in [0, 0.05) is 37.7 Å². The van der Waals surface area contributed by atoms with E-state index in [1.165, 1.54) is 7.11 Å². The molecular weight excluding hydrogens is 338 g/mol. The van der Waals surface area contributed by atoms with Crippen LogP contribution in [-0.2, 0) is 9.53 Å². The number of aliphatic carboxylic acids is 1. The van der Waals surface area contributed by atoms with Gasteiger partial charge in [-0.3, -0.25) is 14.2 Å². The number of ether oxygens (including phenoxy) is 1. The van der Waals surface area contributed by atoms with Gasteiger partial charge in [-0.2, -0.15) is 0 Å². The van der Waals surface area contributed by atoms with Crippen LogP contribution in [0.5, 0.6) is 0 Å². The van der Waals surface area contributed by atoms with Crippen LogP contribution < -0.4 is 0 Å². The van der Waals surface area contributed by atoms with Crippen molar-refractivity contribution in [2.24, 2.45) is 5.41 Å². The van der Waals surface area contributed by atoms with Crippen LogP contribution in [0.2, 0.25) is 0 Å². The fourth-order valence-electron chi connectivity index (χ4n) is 3.64. The van der Waals surface area contributed by atoms with Gasteiger partial charge in [0.15, 0.2) is 5.82 Å². The van der Waals surface area contributed by atoms with E-state index in [4.69, 9.17) is 9.26 Å². The van der Waals surface area contributed by atoms with Crippen molar-refractivity contribution in [3.8, 4) is 5.82 Å². The van der Waals surface area contributed by atoms with Gasteiger partial charge in [0.2, 0.25) is 0 Å². The number of aromatic nitrogens is 2. The molecule has 0 radical (unpaired) electrons. The van der Waals surface area contributed by atoms with Crippen molar-refractivity contribution in [1.29, 1.82) is 0 Å². The topological polar surface area (TPSA) is 97.8 Å². The molecule has 140 valence electrons. The Balaban J connectivity index is 1.89. The molecule has 1 unspecified atom stereocenters. The first-order valence-electron chi connectivity index (χ1n) is 8.43. The monoisotopic (exact) mass is 361 g/mol. The van der Waals surface area contributed by atoms with Crippen LogP contribution in [0, 0.1) is 26.2 Å². The molecular formula is C18H23N3O5. The maximum Gasteiger partial charge on any atom is 0.313 e. The predicted molar refractivity (Wildman–Crippen MR) is 92.5 cm³/mol. The Hall–Kier alpha value is -2.61. The second kappa shape index (κ2) is 6.60. The fraction of sp³-hybridized carbons (Fsp3) is 0.500. The summed E-state index contributed by atoms with van der Waals surface area (Å²) >= 11 is 0. The molecule has 0 saturated carbocycles. The first-order chi connectivity index (χ1) is 12.3. The molecule has 2 aromatic rings. The van der Waals surface area contributed by atoms with Crippen molar-refractivity contribution < 1.29 is 24.0 Å². The van der Waals surface area contributed by atoms with E-state index in [1.807, 2.05) is 25.3 Å². The lowest BCUT2D eigenvalue weighted by atomic mass is 9.88. The number of rotatable bonds is 5. The molecule has 1 amide bonds. The van der Waals surface area contributed by atoms with Crippen LogP contribution >= 0.6 is 0 Å². The predicted octanol–water partition coefficient (Wildman–Crippen LogP) is 1.95. The standard InChI is InChI=1S/C18H23N3O5/c1-11-7-14(13(3)21(11)15-8-12(2)26-19-15)16(22)20-6-5-18(9-20,10-25-4)17(23)24/h7-8H,5-6,9-10H2,1-4H3,(H,23,24). The summed E-state index contributed by atoms with van der Waals surface area (Å²) < 4.78 is 12.1. The second-order valence-corrected chi connectivity index (χ2v) is 6.91. The number of likely N-dealkylation sites (tertiary alicyclic amines) is 1. The molecule has 8 nitrogen and oxygen atoms in total. The second-order valence-electron chi connectivity index (χ2n) is 6.91. The first kappa shape index (κ1) is 18.2. The zero-order chi connectivity index (χ0) is 19.1. The Bertz CT molecular complexity index is 853. The van der Waals surface area contributed by atoms with Crippen molar-refractivity contribution in [2.75, 3.05) is 26.8 Å². The van der Waals surface area contributed by atoms with Crippen molar-refractivity contribution >= 4 is 11.9 Å². The van der Waals surface area contributed by atoms with Gasteiger partial charge in [-0.15, -0.1) is 0 Å². The molecule has 1 atom stereocenters. The molecule has 1 aliphatic heterocycles. The van der Waals surface area contributed by atoms with Gasteiger partial charge in [0.05, 0.1) is 12.2 Å². The molecule has 0 bridgehead atoms. The highest BCUT2D eigenvalue weighted by molar-refractivity contribution is 5.96. The summed E-state index contributed by atoms with van der Waals surface area (Å²) in [6.45, 7) is 6.17. The third kappa shape index (κ3) is 2.90. The summed E-state index contributed by atoms with van der Waals surface area (Å²) in [5, 5.41) is 13.6. The van der Waals surface area contributed by atoms with E-state index in [0.717, 1.165) is 11.4 Å². The molecule has 3 heterocycles. The van der Waals surface area contributed by atoms with E-state index in [1.54, 1.807) is 17.0 Å². The Morgan fingerprint density at radius 1 is 1.35 bits per heavy atom. The summed E-state index contributed by atoms with van der Waals surface area (Å²) in [6, 6.07) is 3.61. The zero-order valence-electron chi connectivity index (χ0n) is 15.4. The molecule has 1 saturated heterocycles. The SMILES string of the molecule is COCC1(C(=O)O)CCN(C(=O)c2cc(C)n(-c3cc(C)on3)c2C)C1. The van der Waals surface area contributed by atoms with Gasteiger partial charge in [-0.05, 0) is 33.3 Å². The van der Waals surface area contributed by atoms with Crippen LogP contribution in [0.1, 0.15) is 33.9 Å². The Kier molecular flexibility index (Phi) is 4.62. The van der Waals surface area contributed by atoms with Gasteiger partial charge in [0.1, 0.15) is 11.2 Å². The minimum atomic E-state index is -1.04. The highest BCUT2D eigenvalue weighted by atomic mass is 16.5. The maximum atomic E-state index is 13.0. The normalized spacial score (nSPS) is 19.9. The smallest absolute Gasteiger partial charge is 0.313 e. The summed E-state index contributed by atoms with van der Waals surface area (Å²) in [5.41, 5.74) is 1.11. The van der Waals surface area contributed by atoms with Crippen LogP contribution in [0.15, 0.2) is 16.7 Å². The van der Waals surface area contributed by atoms with E-state index in [2.05, 4.69) is 5.16 Å². The minimum Gasteiger partial charge on any atom is -0.481 e. The number of carboxylic acids is 1. The summed E-state index contributed by atoms with van der Waals surface area (Å²) in [6.07, 6.45) is 0.378. The highest BCUT2D eigenvalue weighted by Gasteiger charge is 2.46. The number of nitrogens with zero attached hydrogens (tertiary/aromatic N) is 3. The van der Waals surface area contributed by atoms with Crippen molar-refractivity contribution in [2.45, 2.75) is 27.2 Å². The Morgan fingerprint density at radius 3 is 2.65 bits per heavy atom. The van der Waals surface area contributed by atoms with Gasteiger partial charge in [-0.25, -0.2) is 0 Å². The lowest BCUT2D eigenvalue weighted by molar-refractivity contribution is -0.151. The largest absolute Gasteiger partial charge is 0.481 e. The molecule has 1 N–H and O–H groups in total. The number of carbonyl (C=O) groups is 2. The summed E-state index contributed by atoms with van der Waals surface area (Å²) in [5.74, 6) is 0.199. The van der Waals surface area contributed by atoms with E-state index in [0.29, 0.717) is 30.1 Å². The first-order valence-corrected chi connectivity index (χ1v) is 8.43. The third-order valence-corrected chi connectivity index (χ3v) is 5.02. The van der Waals surface area contributed by atoms with E-state index < -0.39 is 11.4 Å². The number of methoxy groups -OCH3 is 1. The molecule has 3 rings (SSSR count). The molecule has 1 fully saturated rings. The van der Waals surface area contributed by atoms with Crippen molar-refractivity contribution in [3.63, 3.8) is 0 Å².